The summed E-state index contributed by atoms with van der Waals surface area (Å²) in [7, 11) is 1.75. The van der Waals surface area contributed by atoms with Gasteiger partial charge in [0.2, 0.25) is 5.91 Å². The van der Waals surface area contributed by atoms with Gasteiger partial charge in [0.1, 0.15) is 11.4 Å². The fourth-order valence-electron chi connectivity index (χ4n) is 3.51. The van der Waals surface area contributed by atoms with Crippen LogP contribution in [0.2, 0.25) is 0 Å². The van der Waals surface area contributed by atoms with Crippen molar-refractivity contribution in [1.82, 2.24) is 15.1 Å². The third kappa shape index (κ3) is 3.24. The molecule has 0 bridgehead atoms. The zero-order chi connectivity index (χ0) is 16.3. The Kier molecular flexibility index (Phi) is 4.94. The molecule has 1 amide bonds. The molecule has 0 aromatic heterocycles. The summed E-state index contributed by atoms with van der Waals surface area (Å²) in [4.78, 5) is 17.0. The van der Waals surface area contributed by atoms with E-state index in [4.69, 9.17) is 4.74 Å². The van der Waals surface area contributed by atoms with Gasteiger partial charge in [-0.2, -0.15) is 0 Å². The molecule has 2 aliphatic heterocycles. The highest BCUT2D eigenvalue weighted by atomic mass is 19.1. The molecule has 6 heteroatoms. The van der Waals surface area contributed by atoms with Crippen molar-refractivity contribution in [2.24, 2.45) is 0 Å². The molecule has 2 aliphatic rings. The van der Waals surface area contributed by atoms with Crippen LogP contribution in [-0.4, -0.2) is 67.7 Å². The molecular formula is C17H24FN3O2. The third-order valence-corrected chi connectivity index (χ3v) is 4.83. The Labute approximate surface area is 136 Å². The molecule has 1 unspecified atom stereocenters. The zero-order valence-corrected chi connectivity index (χ0v) is 13.6. The highest BCUT2D eigenvalue weighted by molar-refractivity contribution is 5.86. The van der Waals surface area contributed by atoms with E-state index >= 15 is 0 Å². The fourth-order valence-corrected chi connectivity index (χ4v) is 3.51. The number of likely N-dealkylation sites (N-methyl/N-ethyl adjacent to an activating group) is 1. The normalized spacial score (nSPS) is 25.5. The maximum absolute atomic E-state index is 13.9. The van der Waals surface area contributed by atoms with Crippen molar-refractivity contribution in [3.05, 3.63) is 35.6 Å². The Bertz CT molecular complexity index is 555. The predicted octanol–water partition coefficient (Wildman–Crippen LogP) is 0.848. The highest BCUT2D eigenvalue weighted by Crippen LogP contribution is 2.29. The molecule has 5 nitrogen and oxygen atoms in total. The molecule has 0 spiro atoms. The number of benzene rings is 1. The van der Waals surface area contributed by atoms with Gasteiger partial charge in [0.05, 0.1) is 6.61 Å². The SMILES string of the molecule is CN(Cc1ccccc1F)C(=O)C1(N2CCNCC2)CCOC1. The van der Waals surface area contributed by atoms with Crippen LogP contribution in [0.15, 0.2) is 24.3 Å². The summed E-state index contributed by atoms with van der Waals surface area (Å²) in [6.07, 6.45) is 0.702. The quantitative estimate of drug-likeness (QED) is 0.893. The van der Waals surface area contributed by atoms with Crippen molar-refractivity contribution in [2.45, 2.75) is 18.5 Å². The molecule has 2 saturated heterocycles. The number of hydrogen-bond donors (Lipinski definition) is 1. The monoisotopic (exact) mass is 321 g/mol. The van der Waals surface area contributed by atoms with Gasteiger partial charge in [0.25, 0.3) is 0 Å². The average molecular weight is 321 g/mol. The maximum atomic E-state index is 13.9. The number of nitrogens with zero attached hydrogens (tertiary/aromatic N) is 2. The number of rotatable bonds is 4. The van der Waals surface area contributed by atoms with Crippen molar-refractivity contribution in [1.29, 1.82) is 0 Å². The Balaban J connectivity index is 1.76. The van der Waals surface area contributed by atoms with Gasteiger partial charge in [0.15, 0.2) is 0 Å². The van der Waals surface area contributed by atoms with E-state index in [1.54, 1.807) is 30.1 Å². The molecule has 126 valence electrons. The molecular weight excluding hydrogens is 297 g/mol. The van der Waals surface area contributed by atoms with Crippen LogP contribution in [0.25, 0.3) is 0 Å². The summed E-state index contributed by atoms with van der Waals surface area (Å²) < 4.78 is 19.4. The fraction of sp³-hybridized carbons (Fsp3) is 0.588. The number of nitrogens with one attached hydrogen (secondary N) is 1. The van der Waals surface area contributed by atoms with Crippen LogP contribution >= 0.6 is 0 Å². The first-order valence-electron chi connectivity index (χ1n) is 8.16. The van der Waals surface area contributed by atoms with Gasteiger partial charge in [-0.15, -0.1) is 0 Å². The number of carbonyl (C=O) groups excluding carboxylic acids is 1. The second-order valence-corrected chi connectivity index (χ2v) is 6.32. The summed E-state index contributed by atoms with van der Waals surface area (Å²) in [5.74, 6) is -0.244. The number of halogens is 1. The van der Waals surface area contributed by atoms with Crippen LogP contribution < -0.4 is 5.32 Å². The molecule has 1 atom stereocenters. The third-order valence-electron chi connectivity index (χ3n) is 4.83. The second kappa shape index (κ2) is 6.95. The van der Waals surface area contributed by atoms with Crippen LogP contribution in [0, 0.1) is 5.82 Å². The van der Waals surface area contributed by atoms with E-state index in [1.165, 1.54) is 6.07 Å². The van der Waals surface area contributed by atoms with Gasteiger partial charge in [-0.25, -0.2) is 4.39 Å². The topological polar surface area (TPSA) is 44.8 Å². The Hall–Kier alpha value is -1.50. The number of carbonyl (C=O) groups is 1. The summed E-state index contributed by atoms with van der Waals surface area (Å²) >= 11 is 0. The van der Waals surface area contributed by atoms with Crippen LogP contribution in [-0.2, 0) is 16.1 Å². The summed E-state index contributed by atoms with van der Waals surface area (Å²) in [5.41, 5.74) is -0.0556. The number of piperazine rings is 1. The maximum Gasteiger partial charge on any atom is 0.245 e. The highest BCUT2D eigenvalue weighted by Gasteiger charge is 2.48. The minimum Gasteiger partial charge on any atom is -0.379 e. The molecule has 2 fully saturated rings. The van der Waals surface area contributed by atoms with E-state index in [0.29, 0.717) is 25.2 Å². The van der Waals surface area contributed by atoms with Gasteiger partial charge in [0, 0.05) is 58.4 Å². The van der Waals surface area contributed by atoms with E-state index in [1.807, 2.05) is 0 Å². The molecule has 0 radical (unpaired) electrons. The van der Waals surface area contributed by atoms with Crippen LogP contribution in [0.1, 0.15) is 12.0 Å². The van der Waals surface area contributed by atoms with Gasteiger partial charge < -0.3 is 15.0 Å². The Morgan fingerprint density at radius 1 is 1.39 bits per heavy atom. The first-order valence-corrected chi connectivity index (χ1v) is 8.16. The minimum absolute atomic E-state index is 0.0279. The van der Waals surface area contributed by atoms with Crippen molar-refractivity contribution in [2.75, 3.05) is 46.4 Å². The number of ether oxygens (including phenoxy) is 1. The van der Waals surface area contributed by atoms with Gasteiger partial charge in [-0.3, -0.25) is 9.69 Å². The predicted molar refractivity (Wildman–Crippen MR) is 85.5 cm³/mol. The van der Waals surface area contributed by atoms with Crippen molar-refractivity contribution >= 4 is 5.91 Å². The molecule has 2 heterocycles. The first kappa shape index (κ1) is 16.4. The molecule has 0 saturated carbocycles. The second-order valence-electron chi connectivity index (χ2n) is 6.32. The lowest BCUT2D eigenvalue weighted by Gasteiger charge is -2.43. The summed E-state index contributed by atoms with van der Waals surface area (Å²) in [5, 5.41) is 3.31. The van der Waals surface area contributed by atoms with E-state index in [9.17, 15) is 9.18 Å². The van der Waals surface area contributed by atoms with Crippen LogP contribution in [0.3, 0.4) is 0 Å². The zero-order valence-electron chi connectivity index (χ0n) is 13.6. The van der Waals surface area contributed by atoms with Gasteiger partial charge in [-0.05, 0) is 6.07 Å². The average Bonchev–Trinajstić information content (AvgIpc) is 3.08. The molecule has 1 aromatic carbocycles. The molecule has 1 N–H and O–H groups in total. The van der Waals surface area contributed by atoms with E-state index < -0.39 is 5.54 Å². The lowest BCUT2D eigenvalue weighted by atomic mass is 9.93. The van der Waals surface area contributed by atoms with Gasteiger partial charge >= 0.3 is 0 Å². The first-order chi connectivity index (χ1) is 11.1. The lowest BCUT2D eigenvalue weighted by Crippen LogP contribution is -2.63. The molecule has 0 aliphatic carbocycles. The van der Waals surface area contributed by atoms with Crippen molar-refractivity contribution < 1.29 is 13.9 Å². The molecule has 3 rings (SSSR count). The van der Waals surface area contributed by atoms with E-state index in [2.05, 4.69) is 10.2 Å². The van der Waals surface area contributed by atoms with Crippen LogP contribution in [0.4, 0.5) is 4.39 Å². The van der Waals surface area contributed by atoms with E-state index in [0.717, 1.165) is 26.2 Å². The van der Waals surface area contributed by atoms with Crippen LogP contribution in [0.5, 0.6) is 0 Å². The standard InChI is InChI=1S/C17H24FN3O2/c1-20(12-14-4-2-3-5-15(14)18)16(22)17(6-11-23-13-17)21-9-7-19-8-10-21/h2-5,19H,6-13H2,1H3. The van der Waals surface area contributed by atoms with Gasteiger partial charge in [-0.1, -0.05) is 18.2 Å². The summed E-state index contributed by atoms with van der Waals surface area (Å²) in [6.45, 7) is 4.74. The smallest absolute Gasteiger partial charge is 0.245 e. The molecule has 23 heavy (non-hydrogen) atoms. The van der Waals surface area contributed by atoms with Crippen molar-refractivity contribution in [3.8, 4) is 0 Å². The lowest BCUT2D eigenvalue weighted by molar-refractivity contribution is -0.144. The Morgan fingerprint density at radius 2 is 2.13 bits per heavy atom. The number of hydrogen-bond acceptors (Lipinski definition) is 4. The Morgan fingerprint density at radius 3 is 2.78 bits per heavy atom. The number of amides is 1. The largest absolute Gasteiger partial charge is 0.379 e. The van der Waals surface area contributed by atoms with E-state index in [-0.39, 0.29) is 18.3 Å². The minimum atomic E-state index is -0.595. The van der Waals surface area contributed by atoms with Crippen molar-refractivity contribution in [3.63, 3.8) is 0 Å². The molecule has 1 aromatic rings. The summed E-state index contributed by atoms with van der Waals surface area (Å²) in [6, 6.07) is 6.61.